The molecule has 3 nitrogen and oxygen atoms in total. The van der Waals surface area contributed by atoms with Crippen molar-refractivity contribution in [3.05, 3.63) is 23.4 Å². The second-order valence-corrected chi connectivity index (χ2v) is 4.68. The van der Waals surface area contributed by atoms with Gasteiger partial charge in [0.15, 0.2) is 0 Å². The zero-order valence-corrected chi connectivity index (χ0v) is 11.0. The second-order valence-electron chi connectivity index (χ2n) is 4.24. The number of nitrogens with zero attached hydrogens (tertiary/aromatic N) is 1. The topological polar surface area (TPSA) is 48.1 Å². The third-order valence-electron chi connectivity index (χ3n) is 2.50. The SMILES string of the molecule is Cc1ccc(C(N)=S)c(OC(C)C(C)C)n1. The number of aryl methyl sites for hydroxylation is 1. The molecule has 1 atom stereocenters. The third-order valence-corrected chi connectivity index (χ3v) is 2.72. The Kier molecular flexibility index (Phi) is 4.24. The number of ether oxygens (including phenoxy) is 1. The second kappa shape index (κ2) is 5.25. The summed E-state index contributed by atoms with van der Waals surface area (Å²) in [7, 11) is 0. The summed E-state index contributed by atoms with van der Waals surface area (Å²) in [5.41, 5.74) is 7.22. The minimum atomic E-state index is 0.0856. The van der Waals surface area contributed by atoms with Crippen molar-refractivity contribution in [2.75, 3.05) is 0 Å². The van der Waals surface area contributed by atoms with Gasteiger partial charge in [-0.25, -0.2) is 4.98 Å². The van der Waals surface area contributed by atoms with E-state index in [9.17, 15) is 0 Å². The van der Waals surface area contributed by atoms with Gasteiger partial charge < -0.3 is 10.5 Å². The number of hydrogen-bond donors (Lipinski definition) is 1. The summed E-state index contributed by atoms with van der Waals surface area (Å²) in [5, 5.41) is 0. The Morgan fingerprint density at radius 1 is 1.38 bits per heavy atom. The van der Waals surface area contributed by atoms with E-state index < -0.39 is 0 Å². The maximum absolute atomic E-state index is 5.77. The first-order valence-corrected chi connectivity index (χ1v) is 5.76. The van der Waals surface area contributed by atoms with Gasteiger partial charge in [0.05, 0.1) is 11.7 Å². The summed E-state index contributed by atoms with van der Waals surface area (Å²) in [6.45, 7) is 8.12. The first kappa shape index (κ1) is 12.9. The molecular weight excluding hydrogens is 220 g/mol. The van der Waals surface area contributed by atoms with Crippen LogP contribution in [0.1, 0.15) is 32.0 Å². The van der Waals surface area contributed by atoms with Crippen LogP contribution in [-0.2, 0) is 0 Å². The predicted octanol–water partition coefficient (Wildman–Crippen LogP) is 2.45. The maximum Gasteiger partial charge on any atom is 0.224 e. The van der Waals surface area contributed by atoms with Crippen LogP contribution in [0.4, 0.5) is 0 Å². The van der Waals surface area contributed by atoms with Crippen molar-refractivity contribution in [2.24, 2.45) is 11.7 Å². The molecule has 16 heavy (non-hydrogen) atoms. The van der Waals surface area contributed by atoms with Crippen molar-refractivity contribution in [3.63, 3.8) is 0 Å². The minimum Gasteiger partial charge on any atom is -0.474 e. The molecule has 0 saturated heterocycles. The van der Waals surface area contributed by atoms with E-state index in [1.807, 2.05) is 26.0 Å². The van der Waals surface area contributed by atoms with E-state index in [1.165, 1.54) is 0 Å². The maximum atomic E-state index is 5.77. The van der Waals surface area contributed by atoms with E-state index in [1.54, 1.807) is 0 Å². The number of nitrogens with two attached hydrogens (primary N) is 1. The summed E-state index contributed by atoms with van der Waals surface area (Å²) in [6.07, 6.45) is 0.0856. The number of thiocarbonyl (C=S) groups is 1. The molecule has 4 heteroatoms. The fourth-order valence-corrected chi connectivity index (χ4v) is 1.28. The van der Waals surface area contributed by atoms with Crippen LogP contribution in [0.2, 0.25) is 0 Å². The van der Waals surface area contributed by atoms with Crippen LogP contribution in [0, 0.1) is 12.8 Å². The Morgan fingerprint density at radius 3 is 2.50 bits per heavy atom. The van der Waals surface area contributed by atoms with Crippen LogP contribution in [0.3, 0.4) is 0 Å². The van der Waals surface area contributed by atoms with Crippen LogP contribution in [0.5, 0.6) is 5.88 Å². The summed E-state index contributed by atoms with van der Waals surface area (Å²) in [5.74, 6) is 0.954. The number of hydrogen-bond acceptors (Lipinski definition) is 3. The van der Waals surface area contributed by atoms with Crippen LogP contribution >= 0.6 is 12.2 Å². The number of aromatic nitrogens is 1. The van der Waals surface area contributed by atoms with Gasteiger partial charge in [-0.1, -0.05) is 26.1 Å². The van der Waals surface area contributed by atoms with E-state index in [2.05, 4.69) is 18.8 Å². The van der Waals surface area contributed by atoms with E-state index in [4.69, 9.17) is 22.7 Å². The molecule has 0 saturated carbocycles. The van der Waals surface area contributed by atoms with Gasteiger partial charge >= 0.3 is 0 Å². The Balaban J connectivity index is 3.01. The molecule has 0 bridgehead atoms. The van der Waals surface area contributed by atoms with Crippen molar-refractivity contribution in [3.8, 4) is 5.88 Å². The molecule has 0 fully saturated rings. The fourth-order valence-electron chi connectivity index (χ4n) is 1.12. The molecular formula is C12H18N2OS. The Morgan fingerprint density at radius 2 is 2.00 bits per heavy atom. The molecule has 0 aromatic carbocycles. The molecule has 1 unspecified atom stereocenters. The fraction of sp³-hybridized carbons (Fsp3) is 0.500. The van der Waals surface area contributed by atoms with Gasteiger partial charge in [-0.15, -0.1) is 0 Å². The monoisotopic (exact) mass is 238 g/mol. The first-order valence-electron chi connectivity index (χ1n) is 5.36. The van der Waals surface area contributed by atoms with Gasteiger partial charge in [0.1, 0.15) is 4.99 Å². The Labute approximate surface area is 102 Å². The van der Waals surface area contributed by atoms with Crippen molar-refractivity contribution in [1.29, 1.82) is 0 Å². The molecule has 1 aromatic rings. The lowest BCUT2D eigenvalue weighted by Gasteiger charge is -2.19. The largest absolute Gasteiger partial charge is 0.474 e. The Hall–Kier alpha value is -1.16. The zero-order chi connectivity index (χ0) is 12.3. The van der Waals surface area contributed by atoms with Crippen LogP contribution in [0.25, 0.3) is 0 Å². The van der Waals surface area contributed by atoms with Gasteiger partial charge in [-0.2, -0.15) is 0 Å². The van der Waals surface area contributed by atoms with Crippen LogP contribution in [0.15, 0.2) is 12.1 Å². The Bertz CT molecular complexity index is 391. The molecule has 1 rings (SSSR count). The highest BCUT2D eigenvalue weighted by Crippen LogP contribution is 2.19. The average molecular weight is 238 g/mol. The van der Waals surface area contributed by atoms with Crippen molar-refractivity contribution >= 4 is 17.2 Å². The highest BCUT2D eigenvalue weighted by Gasteiger charge is 2.14. The quantitative estimate of drug-likeness (QED) is 0.819. The predicted molar refractivity (Wildman–Crippen MR) is 69.8 cm³/mol. The van der Waals surface area contributed by atoms with Gasteiger partial charge in [0.2, 0.25) is 5.88 Å². The molecule has 0 aliphatic carbocycles. The zero-order valence-electron chi connectivity index (χ0n) is 10.2. The lowest BCUT2D eigenvalue weighted by atomic mass is 10.1. The summed E-state index contributed by atoms with van der Waals surface area (Å²) >= 11 is 4.97. The smallest absolute Gasteiger partial charge is 0.224 e. The number of rotatable bonds is 4. The lowest BCUT2D eigenvalue weighted by molar-refractivity contribution is 0.163. The first-order chi connectivity index (χ1) is 7.41. The van der Waals surface area contributed by atoms with Crippen LogP contribution in [-0.4, -0.2) is 16.1 Å². The molecule has 0 radical (unpaired) electrons. The molecule has 0 aliphatic heterocycles. The molecule has 0 aliphatic rings. The van der Waals surface area contributed by atoms with E-state index in [0.717, 1.165) is 5.69 Å². The summed E-state index contributed by atoms with van der Waals surface area (Å²) < 4.78 is 5.77. The highest BCUT2D eigenvalue weighted by molar-refractivity contribution is 7.80. The summed E-state index contributed by atoms with van der Waals surface area (Å²) in [6, 6.07) is 3.73. The molecule has 2 N–H and O–H groups in total. The minimum absolute atomic E-state index is 0.0856. The van der Waals surface area contributed by atoms with Gasteiger partial charge in [-0.05, 0) is 31.9 Å². The molecule has 88 valence electrons. The lowest BCUT2D eigenvalue weighted by Crippen LogP contribution is -2.22. The molecule has 1 aromatic heterocycles. The number of pyridine rings is 1. The molecule has 0 spiro atoms. The van der Waals surface area contributed by atoms with Gasteiger partial charge in [-0.3, -0.25) is 0 Å². The molecule has 1 heterocycles. The van der Waals surface area contributed by atoms with Crippen LogP contribution < -0.4 is 10.5 Å². The average Bonchev–Trinajstić information content (AvgIpc) is 2.16. The van der Waals surface area contributed by atoms with E-state index in [-0.39, 0.29) is 6.10 Å². The molecule has 0 amide bonds. The highest BCUT2D eigenvalue weighted by atomic mass is 32.1. The normalized spacial score (nSPS) is 12.6. The third kappa shape index (κ3) is 3.17. The van der Waals surface area contributed by atoms with Crippen molar-refractivity contribution < 1.29 is 4.74 Å². The van der Waals surface area contributed by atoms with E-state index >= 15 is 0 Å². The van der Waals surface area contributed by atoms with Gasteiger partial charge in [0.25, 0.3) is 0 Å². The van der Waals surface area contributed by atoms with Crippen molar-refractivity contribution in [1.82, 2.24) is 4.98 Å². The summed E-state index contributed by atoms with van der Waals surface area (Å²) in [4.78, 5) is 4.65. The van der Waals surface area contributed by atoms with Gasteiger partial charge in [0, 0.05) is 5.69 Å². The standard InChI is InChI=1S/C12H18N2OS/c1-7(2)9(4)15-12-10(11(13)16)6-5-8(3)14-12/h5-7,9H,1-4H3,(H2,13,16). The van der Waals surface area contributed by atoms with E-state index in [0.29, 0.717) is 22.3 Å². The van der Waals surface area contributed by atoms with Crippen molar-refractivity contribution in [2.45, 2.75) is 33.8 Å².